The van der Waals surface area contributed by atoms with Gasteiger partial charge in [0.1, 0.15) is 6.10 Å². The molecule has 0 saturated heterocycles. The molecule has 6 aliphatic rings. The number of aliphatic carboxylic acids is 1. The van der Waals surface area contributed by atoms with Crippen LogP contribution in [0.3, 0.4) is 0 Å². The molecule has 7 nitrogen and oxygen atoms in total. The number of fused-ring (bicyclic) bond motifs is 7. The van der Waals surface area contributed by atoms with E-state index in [4.69, 9.17) is 10.5 Å². The van der Waals surface area contributed by atoms with Gasteiger partial charge in [0.15, 0.2) is 5.78 Å². The third-order valence-electron chi connectivity index (χ3n) is 17.6. The molecule has 4 N–H and O–H groups in total. The second kappa shape index (κ2) is 12.9. The zero-order valence-electron chi connectivity index (χ0n) is 34.0. The fourth-order valence-electron chi connectivity index (χ4n) is 14.0. The molecular formula is C44H72N2O5. The number of nitrogens with one attached hydrogen (secondary N) is 1. The largest absolute Gasteiger partial charge is 0.481 e. The normalized spacial score (nSPS) is 43.1. The van der Waals surface area contributed by atoms with Crippen LogP contribution in [0.4, 0.5) is 0 Å². The van der Waals surface area contributed by atoms with Crippen molar-refractivity contribution < 1.29 is 24.2 Å². The molecule has 0 amide bonds. The van der Waals surface area contributed by atoms with E-state index in [-0.39, 0.29) is 57.0 Å². The Morgan fingerprint density at radius 2 is 1.55 bits per heavy atom. The third kappa shape index (κ3) is 5.73. The van der Waals surface area contributed by atoms with Gasteiger partial charge >= 0.3 is 11.9 Å². The lowest BCUT2D eigenvalue weighted by atomic mass is 9.33. The maximum Gasteiger partial charge on any atom is 0.309 e. The number of hydrogen-bond donors (Lipinski definition) is 3. The van der Waals surface area contributed by atoms with Gasteiger partial charge in [0.25, 0.3) is 0 Å². The number of Topliss-reactive ketones (excluding diaryl/α,β-unsaturated/α-hetero) is 1. The molecule has 0 bridgehead atoms. The number of rotatable bonds is 10. The Morgan fingerprint density at radius 3 is 2.16 bits per heavy atom. The number of nitrogens with two attached hydrogens (primary N) is 1. The lowest BCUT2D eigenvalue weighted by molar-refractivity contribution is -0.236. The molecule has 288 valence electrons. The van der Waals surface area contributed by atoms with Crippen LogP contribution in [0.15, 0.2) is 11.1 Å². The monoisotopic (exact) mass is 709 g/mol. The van der Waals surface area contributed by atoms with Gasteiger partial charge in [-0.1, -0.05) is 81.7 Å². The van der Waals surface area contributed by atoms with Crippen molar-refractivity contribution in [3.8, 4) is 0 Å². The molecule has 6 rings (SSSR count). The lowest BCUT2D eigenvalue weighted by Gasteiger charge is -2.72. The van der Waals surface area contributed by atoms with E-state index in [1.54, 1.807) is 5.57 Å². The smallest absolute Gasteiger partial charge is 0.309 e. The van der Waals surface area contributed by atoms with Crippen LogP contribution in [0.5, 0.6) is 0 Å². The average molecular weight is 709 g/mol. The fourth-order valence-corrected chi connectivity index (χ4v) is 14.0. The van der Waals surface area contributed by atoms with Gasteiger partial charge in [-0.15, -0.1) is 0 Å². The summed E-state index contributed by atoms with van der Waals surface area (Å²) < 4.78 is 6.42. The summed E-state index contributed by atoms with van der Waals surface area (Å²) in [6, 6.07) is 0.142. The number of allylic oxidation sites excluding steroid dienone is 2. The molecule has 0 aliphatic heterocycles. The Bertz CT molecular complexity index is 1450. The highest BCUT2D eigenvalue weighted by Crippen LogP contribution is 2.77. The van der Waals surface area contributed by atoms with Crippen molar-refractivity contribution in [2.24, 2.45) is 79.6 Å². The zero-order chi connectivity index (χ0) is 37.7. The van der Waals surface area contributed by atoms with Crippen LogP contribution in [0, 0.1) is 73.9 Å². The van der Waals surface area contributed by atoms with E-state index in [1.165, 1.54) is 24.8 Å². The van der Waals surface area contributed by atoms with Crippen LogP contribution in [0.2, 0.25) is 0 Å². The molecule has 0 aromatic carbocycles. The van der Waals surface area contributed by atoms with Gasteiger partial charge in [0, 0.05) is 29.8 Å². The van der Waals surface area contributed by atoms with E-state index < -0.39 is 17.3 Å². The van der Waals surface area contributed by atoms with Crippen LogP contribution in [0.25, 0.3) is 0 Å². The van der Waals surface area contributed by atoms with E-state index in [0.29, 0.717) is 42.3 Å². The lowest BCUT2D eigenvalue weighted by Crippen LogP contribution is -2.66. The van der Waals surface area contributed by atoms with Crippen molar-refractivity contribution in [2.75, 3.05) is 13.1 Å². The van der Waals surface area contributed by atoms with Crippen molar-refractivity contribution in [1.29, 1.82) is 0 Å². The summed E-state index contributed by atoms with van der Waals surface area (Å²) in [5, 5.41) is 13.3. The van der Waals surface area contributed by atoms with Crippen molar-refractivity contribution in [1.82, 2.24) is 5.32 Å². The summed E-state index contributed by atoms with van der Waals surface area (Å²) in [5.74, 6) is 0.709. The molecular weight excluding hydrogens is 636 g/mol. The first-order valence-electron chi connectivity index (χ1n) is 20.8. The SMILES string of the molecule is CC(C)C1=C2[C@H]3CC[C@@H]4[C@@]5(C)CC[C@H](OC(=O)[C@H]6C[C@@H](C(=O)O)C6(C)C)C(C)(C)[C@@H]5CC[C@@]4(C)[C@]3(C)CC[C@@]2(CCNC[C@@H](N)C(C)C)CC1=O. The van der Waals surface area contributed by atoms with Crippen molar-refractivity contribution in [2.45, 2.75) is 159 Å². The number of hydrogen-bond acceptors (Lipinski definition) is 6. The summed E-state index contributed by atoms with van der Waals surface area (Å²) in [7, 11) is 0. The molecule has 0 aromatic heterocycles. The number of carboxylic acids is 1. The summed E-state index contributed by atoms with van der Waals surface area (Å²) in [6.07, 6.45) is 10.8. The van der Waals surface area contributed by atoms with E-state index in [2.05, 4.69) is 67.6 Å². The Balaban J connectivity index is 1.23. The third-order valence-corrected chi connectivity index (χ3v) is 17.6. The highest BCUT2D eigenvalue weighted by atomic mass is 16.5. The maximum absolute atomic E-state index is 14.0. The molecule has 0 radical (unpaired) electrons. The van der Waals surface area contributed by atoms with Crippen LogP contribution in [-0.4, -0.2) is 48.1 Å². The molecule has 0 heterocycles. The minimum absolute atomic E-state index is 0.0243. The Hall–Kier alpha value is -1.73. The second-order valence-electron chi connectivity index (χ2n) is 21.1. The Kier molecular flexibility index (Phi) is 9.90. The maximum atomic E-state index is 14.0. The standard InChI is InChI=1S/C44H72N2O5/c1-25(2)30(45)24-46-21-20-44-19-18-42(10)27(36(44)35(26(3)4)31(47)23-44)12-13-33-41(9)16-15-34(40(7,8)32(41)14-17-43(33,42)11)51-38(50)29-22-28(37(48)49)39(29,5)6/h25-30,32-34,46H,12-24,45H2,1-11H3,(H,48,49)/t27-,28+,29-,30-,32+,33-,34+,41+,42-,43-,44-/m1/s1. The van der Waals surface area contributed by atoms with Crippen LogP contribution in [0.1, 0.15) is 147 Å². The molecule has 0 unspecified atom stereocenters. The number of ether oxygens (including phenoxy) is 1. The zero-order valence-corrected chi connectivity index (χ0v) is 34.0. The van der Waals surface area contributed by atoms with Gasteiger partial charge < -0.3 is 20.9 Å². The van der Waals surface area contributed by atoms with Gasteiger partial charge in [-0.25, -0.2) is 0 Å². The summed E-state index contributed by atoms with van der Waals surface area (Å²) in [4.78, 5) is 39.3. The minimum Gasteiger partial charge on any atom is -0.481 e. The molecule has 0 aromatic rings. The van der Waals surface area contributed by atoms with Crippen molar-refractivity contribution in [3.63, 3.8) is 0 Å². The molecule has 11 atom stereocenters. The number of carboxylic acid groups (broad SMARTS) is 1. The average Bonchev–Trinajstić information content (AvgIpc) is 3.32. The van der Waals surface area contributed by atoms with Crippen LogP contribution in [-0.2, 0) is 19.1 Å². The summed E-state index contributed by atoms with van der Waals surface area (Å²) >= 11 is 0. The highest BCUT2D eigenvalue weighted by Gasteiger charge is 2.70. The summed E-state index contributed by atoms with van der Waals surface area (Å²) in [6.45, 7) is 26.9. The minimum atomic E-state index is -0.814. The quantitative estimate of drug-likeness (QED) is 0.154. The second-order valence-corrected chi connectivity index (χ2v) is 21.1. The molecule has 7 heteroatoms. The van der Waals surface area contributed by atoms with E-state index >= 15 is 0 Å². The van der Waals surface area contributed by atoms with Crippen molar-refractivity contribution in [3.05, 3.63) is 11.1 Å². The topological polar surface area (TPSA) is 119 Å². The first kappa shape index (κ1) is 39.0. The van der Waals surface area contributed by atoms with E-state index in [9.17, 15) is 19.5 Å². The van der Waals surface area contributed by atoms with Gasteiger partial charge in [0.05, 0.1) is 11.8 Å². The van der Waals surface area contributed by atoms with Crippen LogP contribution < -0.4 is 11.1 Å². The number of carbonyl (C=O) groups is 3. The fraction of sp³-hybridized carbons (Fsp3) is 0.886. The number of ketones is 1. The van der Waals surface area contributed by atoms with Gasteiger partial charge in [-0.3, -0.25) is 14.4 Å². The predicted octanol–water partition coefficient (Wildman–Crippen LogP) is 8.59. The van der Waals surface area contributed by atoms with Gasteiger partial charge in [0.2, 0.25) is 0 Å². The first-order chi connectivity index (χ1) is 23.6. The van der Waals surface area contributed by atoms with Gasteiger partial charge in [-0.2, -0.15) is 0 Å². The molecule has 6 aliphatic carbocycles. The molecule has 0 spiro atoms. The summed E-state index contributed by atoms with van der Waals surface area (Å²) in [5.41, 5.74) is 8.77. The Morgan fingerprint density at radius 1 is 0.863 bits per heavy atom. The van der Waals surface area contributed by atoms with Gasteiger partial charge in [-0.05, 0) is 128 Å². The Labute approximate surface area is 309 Å². The molecule has 51 heavy (non-hydrogen) atoms. The highest BCUT2D eigenvalue weighted by molar-refractivity contribution is 6.00. The van der Waals surface area contributed by atoms with Crippen LogP contribution >= 0.6 is 0 Å². The van der Waals surface area contributed by atoms with E-state index in [0.717, 1.165) is 51.6 Å². The molecule has 5 fully saturated rings. The van der Waals surface area contributed by atoms with Crippen molar-refractivity contribution >= 4 is 17.7 Å². The predicted molar refractivity (Wildman–Crippen MR) is 203 cm³/mol. The van der Waals surface area contributed by atoms with E-state index in [1.807, 2.05) is 13.8 Å². The molecule has 5 saturated carbocycles. The number of esters is 1. The number of carbonyl (C=O) groups excluding carboxylic acids is 2. The first-order valence-corrected chi connectivity index (χ1v) is 20.8.